The first-order chi connectivity index (χ1) is 9.56. The van der Waals surface area contributed by atoms with Gasteiger partial charge in [-0.1, -0.05) is 19.1 Å². The van der Waals surface area contributed by atoms with Crippen molar-refractivity contribution >= 4 is 0 Å². The average Bonchev–Trinajstić information content (AvgIpc) is 2.45. The third-order valence-corrected chi connectivity index (χ3v) is 3.10. The van der Waals surface area contributed by atoms with E-state index in [-0.39, 0.29) is 12.7 Å². The van der Waals surface area contributed by atoms with Gasteiger partial charge in [0.05, 0.1) is 12.7 Å². The maximum absolute atomic E-state index is 9.72. The molecule has 0 bridgehead atoms. The maximum Gasteiger partial charge on any atom is 0.119 e. The van der Waals surface area contributed by atoms with Crippen LogP contribution in [0.5, 0.6) is 5.75 Å². The molecule has 0 heterocycles. The summed E-state index contributed by atoms with van der Waals surface area (Å²) in [5.74, 6) is 0.767. The van der Waals surface area contributed by atoms with Gasteiger partial charge in [-0.25, -0.2) is 0 Å². The largest absolute Gasteiger partial charge is 0.491 e. The van der Waals surface area contributed by atoms with Crippen molar-refractivity contribution in [2.75, 3.05) is 20.3 Å². The Morgan fingerprint density at radius 2 is 1.80 bits per heavy atom. The molecule has 4 heteroatoms. The third-order valence-electron chi connectivity index (χ3n) is 3.10. The van der Waals surface area contributed by atoms with Crippen LogP contribution in [0.15, 0.2) is 24.3 Å². The van der Waals surface area contributed by atoms with Crippen molar-refractivity contribution in [1.29, 1.82) is 0 Å². The van der Waals surface area contributed by atoms with Crippen LogP contribution in [0.2, 0.25) is 0 Å². The second-order valence-corrected chi connectivity index (χ2v) is 5.17. The van der Waals surface area contributed by atoms with Gasteiger partial charge in [-0.3, -0.25) is 0 Å². The molecule has 2 unspecified atom stereocenters. The summed E-state index contributed by atoms with van der Waals surface area (Å²) in [5, 5.41) is 13.0. The molecule has 20 heavy (non-hydrogen) atoms. The molecule has 114 valence electrons. The Balaban J connectivity index is 2.41. The first kappa shape index (κ1) is 17.0. The van der Waals surface area contributed by atoms with Crippen molar-refractivity contribution < 1.29 is 14.6 Å². The zero-order chi connectivity index (χ0) is 15.0. The Bertz CT molecular complexity index is 360. The van der Waals surface area contributed by atoms with E-state index >= 15 is 0 Å². The highest BCUT2D eigenvalue weighted by atomic mass is 16.5. The number of ether oxygens (including phenoxy) is 2. The van der Waals surface area contributed by atoms with E-state index < -0.39 is 6.10 Å². The molecule has 2 atom stereocenters. The molecule has 2 N–H and O–H groups in total. The topological polar surface area (TPSA) is 50.7 Å². The fourth-order valence-electron chi connectivity index (χ4n) is 1.95. The van der Waals surface area contributed by atoms with Crippen LogP contribution in [0.25, 0.3) is 0 Å². The van der Waals surface area contributed by atoms with Gasteiger partial charge in [-0.05, 0) is 45.0 Å². The summed E-state index contributed by atoms with van der Waals surface area (Å²) in [5.41, 5.74) is 1.24. The lowest BCUT2D eigenvalue weighted by Gasteiger charge is -2.16. The van der Waals surface area contributed by atoms with Gasteiger partial charge in [0.2, 0.25) is 0 Å². The summed E-state index contributed by atoms with van der Waals surface area (Å²) < 4.78 is 10.9. The van der Waals surface area contributed by atoms with E-state index in [0.29, 0.717) is 12.6 Å². The molecular weight excluding hydrogens is 254 g/mol. The first-order valence-electron chi connectivity index (χ1n) is 7.26. The van der Waals surface area contributed by atoms with Gasteiger partial charge >= 0.3 is 0 Å². The average molecular weight is 281 g/mol. The van der Waals surface area contributed by atoms with E-state index in [0.717, 1.165) is 12.2 Å². The van der Waals surface area contributed by atoms with E-state index in [1.807, 2.05) is 33.0 Å². The molecule has 0 aliphatic carbocycles. The summed E-state index contributed by atoms with van der Waals surface area (Å²) >= 11 is 0. The number of benzene rings is 1. The summed E-state index contributed by atoms with van der Waals surface area (Å²) in [4.78, 5) is 0. The molecule has 0 amide bonds. The highest BCUT2D eigenvalue weighted by Crippen LogP contribution is 2.19. The number of aliphatic hydroxyl groups is 1. The second-order valence-electron chi connectivity index (χ2n) is 5.17. The lowest BCUT2D eigenvalue weighted by Crippen LogP contribution is -2.25. The maximum atomic E-state index is 9.72. The van der Waals surface area contributed by atoms with Gasteiger partial charge in [-0.15, -0.1) is 0 Å². The Labute approximate surface area is 122 Å². The molecule has 0 aliphatic heterocycles. The fraction of sp³-hybridized carbons (Fsp3) is 0.625. The standard InChI is InChI=1S/C16H27NO3/c1-5-16(17-4)13-6-8-15(9-7-13)20-11-14(18)10-19-12(2)3/h6-9,12,14,16-18H,5,10-11H2,1-4H3. The first-order valence-corrected chi connectivity index (χ1v) is 7.26. The molecular formula is C16H27NO3. The van der Waals surface area contributed by atoms with Crippen molar-refractivity contribution in [3.8, 4) is 5.75 Å². The van der Waals surface area contributed by atoms with E-state index in [1.54, 1.807) is 0 Å². The fourth-order valence-corrected chi connectivity index (χ4v) is 1.95. The zero-order valence-corrected chi connectivity index (χ0v) is 12.9. The highest BCUT2D eigenvalue weighted by Gasteiger charge is 2.08. The van der Waals surface area contributed by atoms with Crippen LogP contribution in [0.3, 0.4) is 0 Å². The molecule has 0 fully saturated rings. The Kier molecular flexibility index (Phi) is 7.59. The van der Waals surface area contributed by atoms with Crippen molar-refractivity contribution in [3.63, 3.8) is 0 Å². The molecule has 0 saturated heterocycles. The van der Waals surface area contributed by atoms with Crippen molar-refractivity contribution in [3.05, 3.63) is 29.8 Å². The lowest BCUT2D eigenvalue weighted by molar-refractivity contribution is -0.0122. The molecule has 0 aliphatic rings. The van der Waals surface area contributed by atoms with Crippen LogP contribution < -0.4 is 10.1 Å². The van der Waals surface area contributed by atoms with E-state index in [4.69, 9.17) is 9.47 Å². The highest BCUT2D eigenvalue weighted by molar-refractivity contribution is 5.29. The summed E-state index contributed by atoms with van der Waals surface area (Å²) in [6.07, 6.45) is 0.566. The second kappa shape index (κ2) is 8.95. The number of aliphatic hydroxyl groups excluding tert-OH is 1. The Morgan fingerprint density at radius 3 is 2.30 bits per heavy atom. The Morgan fingerprint density at radius 1 is 1.15 bits per heavy atom. The predicted octanol–water partition coefficient (Wildman–Crippen LogP) is 2.52. The van der Waals surface area contributed by atoms with E-state index in [9.17, 15) is 5.11 Å². The third kappa shape index (κ3) is 5.90. The quantitative estimate of drug-likeness (QED) is 0.730. The minimum Gasteiger partial charge on any atom is -0.491 e. The van der Waals surface area contributed by atoms with Crippen LogP contribution in [0.1, 0.15) is 38.8 Å². The van der Waals surface area contributed by atoms with Gasteiger partial charge in [0, 0.05) is 6.04 Å². The van der Waals surface area contributed by atoms with Crippen molar-refractivity contribution in [2.24, 2.45) is 0 Å². The molecule has 0 saturated carbocycles. The van der Waals surface area contributed by atoms with E-state index in [1.165, 1.54) is 5.56 Å². The molecule has 0 spiro atoms. The van der Waals surface area contributed by atoms with Crippen LogP contribution >= 0.6 is 0 Å². The van der Waals surface area contributed by atoms with Gasteiger partial charge in [-0.2, -0.15) is 0 Å². The summed E-state index contributed by atoms with van der Waals surface area (Å²) in [6.45, 7) is 6.58. The van der Waals surface area contributed by atoms with Crippen LogP contribution in [-0.2, 0) is 4.74 Å². The summed E-state index contributed by atoms with van der Waals surface area (Å²) in [7, 11) is 1.96. The minimum absolute atomic E-state index is 0.122. The zero-order valence-electron chi connectivity index (χ0n) is 12.9. The number of hydrogen-bond acceptors (Lipinski definition) is 4. The molecule has 0 radical (unpaired) electrons. The summed E-state index contributed by atoms with van der Waals surface area (Å²) in [6, 6.07) is 8.35. The van der Waals surface area contributed by atoms with Crippen LogP contribution in [0, 0.1) is 0 Å². The van der Waals surface area contributed by atoms with Crippen LogP contribution in [0.4, 0.5) is 0 Å². The molecule has 1 aromatic carbocycles. The van der Waals surface area contributed by atoms with Gasteiger partial charge in [0.15, 0.2) is 0 Å². The smallest absolute Gasteiger partial charge is 0.119 e. The lowest BCUT2D eigenvalue weighted by atomic mass is 10.0. The number of hydrogen-bond donors (Lipinski definition) is 2. The minimum atomic E-state index is -0.599. The van der Waals surface area contributed by atoms with Crippen LogP contribution in [-0.4, -0.2) is 37.6 Å². The van der Waals surface area contributed by atoms with E-state index in [2.05, 4.69) is 24.4 Å². The molecule has 1 rings (SSSR count). The molecule has 1 aromatic rings. The van der Waals surface area contributed by atoms with Gasteiger partial charge < -0.3 is 19.9 Å². The van der Waals surface area contributed by atoms with Crippen molar-refractivity contribution in [2.45, 2.75) is 45.4 Å². The normalized spacial score (nSPS) is 14.3. The van der Waals surface area contributed by atoms with Gasteiger partial charge in [0.25, 0.3) is 0 Å². The Hall–Kier alpha value is -1.10. The molecule has 4 nitrogen and oxygen atoms in total. The number of rotatable bonds is 9. The van der Waals surface area contributed by atoms with Gasteiger partial charge in [0.1, 0.15) is 18.5 Å². The monoisotopic (exact) mass is 281 g/mol. The molecule has 0 aromatic heterocycles. The predicted molar refractivity (Wildman–Crippen MR) is 81.1 cm³/mol. The van der Waals surface area contributed by atoms with Crippen molar-refractivity contribution in [1.82, 2.24) is 5.32 Å². The number of nitrogens with one attached hydrogen (secondary N) is 1. The SMILES string of the molecule is CCC(NC)c1ccc(OCC(O)COC(C)C)cc1.